The number of carbonyl (C=O) groups is 1. The van der Waals surface area contributed by atoms with Gasteiger partial charge in [-0.1, -0.05) is 30.3 Å². The van der Waals surface area contributed by atoms with E-state index in [1.54, 1.807) is 6.07 Å². The predicted octanol–water partition coefficient (Wildman–Crippen LogP) is 2.80. The molecular formula is C21H26N2O4. The maximum absolute atomic E-state index is 12.7. The Morgan fingerprint density at radius 1 is 1.11 bits per heavy atom. The zero-order valence-electron chi connectivity index (χ0n) is 15.8. The molecule has 1 saturated heterocycles. The smallest absolute Gasteiger partial charge is 0.259 e. The summed E-state index contributed by atoms with van der Waals surface area (Å²) in [4.78, 5) is 15.1. The molecule has 0 aliphatic carbocycles. The summed E-state index contributed by atoms with van der Waals surface area (Å²) >= 11 is 0. The molecule has 0 aromatic heterocycles. The zero-order chi connectivity index (χ0) is 19.2. The van der Waals surface area contributed by atoms with Gasteiger partial charge in [0, 0.05) is 25.7 Å². The van der Waals surface area contributed by atoms with Crippen LogP contribution in [0.4, 0.5) is 0 Å². The van der Waals surface area contributed by atoms with Crippen molar-refractivity contribution in [3.05, 3.63) is 53.6 Å². The van der Waals surface area contributed by atoms with Gasteiger partial charge in [0.25, 0.3) is 5.91 Å². The van der Waals surface area contributed by atoms with Crippen molar-refractivity contribution in [2.24, 2.45) is 0 Å². The number of nitrogens with zero attached hydrogens (tertiary/aromatic N) is 1. The van der Waals surface area contributed by atoms with Crippen molar-refractivity contribution >= 4 is 5.91 Å². The Morgan fingerprint density at radius 3 is 2.44 bits per heavy atom. The number of piperidine rings is 1. The number of methoxy groups -OCH3 is 2. The highest BCUT2D eigenvalue weighted by molar-refractivity contribution is 6.00. The van der Waals surface area contributed by atoms with Crippen LogP contribution >= 0.6 is 0 Å². The second-order valence-corrected chi connectivity index (χ2v) is 6.70. The first kappa shape index (κ1) is 19.0. The Kier molecular flexibility index (Phi) is 6.19. The lowest BCUT2D eigenvalue weighted by Gasteiger charge is -2.32. The summed E-state index contributed by atoms with van der Waals surface area (Å²) in [5.74, 6) is 0.200. The minimum absolute atomic E-state index is 0.0693. The van der Waals surface area contributed by atoms with Gasteiger partial charge in [-0.2, -0.15) is 0 Å². The zero-order valence-corrected chi connectivity index (χ0v) is 15.8. The van der Waals surface area contributed by atoms with Gasteiger partial charge in [-0.15, -0.1) is 0 Å². The first-order valence-corrected chi connectivity index (χ1v) is 9.13. The van der Waals surface area contributed by atoms with Gasteiger partial charge in [0.05, 0.1) is 14.2 Å². The normalized spacial score (nSPS) is 15.3. The average Bonchev–Trinajstić information content (AvgIpc) is 2.69. The maximum Gasteiger partial charge on any atom is 0.259 e. The van der Waals surface area contributed by atoms with Crippen LogP contribution in [-0.4, -0.2) is 49.3 Å². The van der Waals surface area contributed by atoms with Crippen LogP contribution in [0.5, 0.6) is 17.2 Å². The fraction of sp³-hybridized carbons (Fsp3) is 0.381. The van der Waals surface area contributed by atoms with Crippen molar-refractivity contribution in [2.45, 2.75) is 25.4 Å². The number of ether oxygens (including phenoxy) is 2. The second kappa shape index (κ2) is 8.77. The monoisotopic (exact) mass is 370 g/mol. The third-order valence-electron chi connectivity index (χ3n) is 4.92. The topological polar surface area (TPSA) is 71.0 Å². The Hall–Kier alpha value is -2.73. The van der Waals surface area contributed by atoms with Crippen LogP contribution < -0.4 is 14.8 Å². The summed E-state index contributed by atoms with van der Waals surface area (Å²) in [5.41, 5.74) is 1.41. The number of rotatable bonds is 6. The van der Waals surface area contributed by atoms with E-state index in [1.165, 1.54) is 25.8 Å². The fourth-order valence-corrected chi connectivity index (χ4v) is 3.47. The van der Waals surface area contributed by atoms with E-state index < -0.39 is 0 Å². The van der Waals surface area contributed by atoms with E-state index in [2.05, 4.69) is 34.5 Å². The molecule has 144 valence electrons. The van der Waals surface area contributed by atoms with Gasteiger partial charge in [0.15, 0.2) is 11.5 Å². The summed E-state index contributed by atoms with van der Waals surface area (Å²) < 4.78 is 10.5. The standard InChI is InChI=1S/C21H26N2O4/c1-26-18-9-8-17(24)19(20(18)27-2)21(25)22-16-10-12-23(13-11-16)14-15-6-4-3-5-7-15/h3-9,16,24H,10-14H2,1-2H3,(H,22,25). The van der Waals surface area contributed by atoms with Crippen LogP contribution in [0.2, 0.25) is 0 Å². The Bertz CT molecular complexity index is 771. The first-order chi connectivity index (χ1) is 13.1. The van der Waals surface area contributed by atoms with Crippen molar-refractivity contribution in [1.82, 2.24) is 10.2 Å². The molecule has 6 heteroatoms. The molecule has 1 aliphatic rings. The Balaban J connectivity index is 1.60. The summed E-state index contributed by atoms with van der Waals surface area (Å²) in [6.07, 6.45) is 1.73. The fourth-order valence-electron chi connectivity index (χ4n) is 3.47. The summed E-state index contributed by atoms with van der Waals surface area (Å²) in [6.45, 7) is 2.76. The van der Waals surface area contributed by atoms with Crippen molar-refractivity contribution in [2.75, 3.05) is 27.3 Å². The lowest BCUT2D eigenvalue weighted by Crippen LogP contribution is -2.44. The third-order valence-corrected chi connectivity index (χ3v) is 4.92. The highest BCUT2D eigenvalue weighted by Crippen LogP contribution is 2.36. The van der Waals surface area contributed by atoms with Gasteiger partial charge in [-0.3, -0.25) is 9.69 Å². The van der Waals surface area contributed by atoms with E-state index in [1.807, 2.05) is 6.07 Å². The van der Waals surface area contributed by atoms with Gasteiger partial charge in [-0.05, 0) is 30.5 Å². The molecule has 0 atom stereocenters. The lowest BCUT2D eigenvalue weighted by molar-refractivity contribution is 0.0902. The number of likely N-dealkylation sites (tertiary alicyclic amines) is 1. The van der Waals surface area contributed by atoms with Crippen molar-refractivity contribution in [1.29, 1.82) is 0 Å². The van der Waals surface area contributed by atoms with Crippen molar-refractivity contribution in [3.8, 4) is 17.2 Å². The van der Waals surface area contributed by atoms with Gasteiger partial charge in [0.2, 0.25) is 0 Å². The highest BCUT2D eigenvalue weighted by Gasteiger charge is 2.26. The summed E-state index contributed by atoms with van der Waals surface area (Å²) in [7, 11) is 2.95. The molecule has 0 saturated carbocycles. The lowest BCUT2D eigenvalue weighted by atomic mass is 10.0. The summed E-state index contributed by atoms with van der Waals surface area (Å²) in [5, 5.41) is 13.2. The molecular weight excluding hydrogens is 344 g/mol. The Labute approximate surface area is 159 Å². The highest BCUT2D eigenvalue weighted by atomic mass is 16.5. The quantitative estimate of drug-likeness (QED) is 0.818. The number of hydrogen-bond donors (Lipinski definition) is 2. The van der Waals surface area contributed by atoms with Crippen LogP contribution in [0.1, 0.15) is 28.8 Å². The minimum atomic E-state index is -0.343. The van der Waals surface area contributed by atoms with E-state index in [4.69, 9.17) is 9.47 Å². The molecule has 1 amide bonds. The maximum atomic E-state index is 12.7. The van der Waals surface area contributed by atoms with Gasteiger partial charge >= 0.3 is 0 Å². The number of nitrogens with one attached hydrogen (secondary N) is 1. The van der Waals surface area contributed by atoms with E-state index in [0.29, 0.717) is 5.75 Å². The third kappa shape index (κ3) is 4.52. The molecule has 0 bridgehead atoms. The van der Waals surface area contributed by atoms with E-state index in [-0.39, 0.29) is 29.0 Å². The molecule has 1 aliphatic heterocycles. The molecule has 0 unspecified atom stereocenters. The second-order valence-electron chi connectivity index (χ2n) is 6.70. The summed E-state index contributed by atoms with van der Waals surface area (Å²) in [6, 6.07) is 13.5. The number of amides is 1. The number of benzene rings is 2. The largest absolute Gasteiger partial charge is 0.507 e. The minimum Gasteiger partial charge on any atom is -0.507 e. The number of aromatic hydroxyl groups is 1. The number of phenolic OH excluding ortho intramolecular Hbond substituents is 1. The van der Waals surface area contributed by atoms with Gasteiger partial charge < -0.3 is 19.9 Å². The van der Waals surface area contributed by atoms with Crippen LogP contribution in [0.15, 0.2) is 42.5 Å². The van der Waals surface area contributed by atoms with Crippen molar-refractivity contribution in [3.63, 3.8) is 0 Å². The van der Waals surface area contributed by atoms with Crippen LogP contribution in [0.3, 0.4) is 0 Å². The van der Waals surface area contributed by atoms with Gasteiger partial charge in [-0.25, -0.2) is 0 Å². The van der Waals surface area contributed by atoms with E-state index in [9.17, 15) is 9.90 Å². The molecule has 1 heterocycles. The molecule has 27 heavy (non-hydrogen) atoms. The van der Waals surface area contributed by atoms with E-state index >= 15 is 0 Å². The molecule has 0 spiro atoms. The molecule has 6 nitrogen and oxygen atoms in total. The van der Waals surface area contributed by atoms with Crippen molar-refractivity contribution < 1.29 is 19.4 Å². The number of phenols is 1. The van der Waals surface area contributed by atoms with Crippen LogP contribution in [0.25, 0.3) is 0 Å². The number of hydrogen-bond acceptors (Lipinski definition) is 5. The van der Waals surface area contributed by atoms with Crippen LogP contribution in [0, 0.1) is 0 Å². The molecule has 2 aromatic carbocycles. The molecule has 2 aromatic rings. The van der Waals surface area contributed by atoms with E-state index in [0.717, 1.165) is 32.5 Å². The predicted molar refractivity (Wildman–Crippen MR) is 103 cm³/mol. The molecule has 0 radical (unpaired) electrons. The van der Waals surface area contributed by atoms with Gasteiger partial charge in [0.1, 0.15) is 11.3 Å². The molecule has 1 fully saturated rings. The molecule has 3 rings (SSSR count). The SMILES string of the molecule is COc1ccc(O)c(C(=O)NC2CCN(Cc3ccccc3)CC2)c1OC. The first-order valence-electron chi connectivity index (χ1n) is 9.13. The number of carbonyl (C=O) groups excluding carboxylic acids is 1. The Morgan fingerprint density at radius 2 is 1.81 bits per heavy atom. The molecule has 2 N–H and O–H groups in total. The average molecular weight is 370 g/mol. The van der Waals surface area contributed by atoms with Crippen LogP contribution in [-0.2, 0) is 6.54 Å².